The third-order valence-electron chi connectivity index (χ3n) is 1.69. The molecule has 1 heterocycles. The highest BCUT2D eigenvalue weighted by atomic mass is 15.4. The number of hydrogen-bond acceptors (Lipinski definition) is 2. The fourth-order valence-corrected chi connectivity index (χ4v) is 1.10. The monoisotopic (exact) mass is 159 g/mol. The highest BCUT2D eigenvalue weighted by Crippen LogP contribution is 2.10. The average molecular weight is 159 g/mol. The molecule has 1 aromatic rings. The van der Waals surface area contributed by atoms with Crippen LogP contribution in [0.25, 0.3) is 5.70 Å². The van der Waals surface area contributed by atoms with Crippen LogP contribution in [0.5, 0.6) is 0 Å². The van der Waals surface area contributed by atoms with Crippen LogP contribution in [0.15, 0.2) is 42.8 Å². The molecule has 3 nitrogen and oxygen atoms in total. The van der Waals surface area contributed by atoms with Crippen LogP contribution < -0.4 is 0 Å². The first-order valence-corrected chi connectivity index (χ1v) is 3.86. The molecule has 3 heteroatoms. The molecule has 0 spiro atoms. The van der Waals surface area contributed by atoms with Gasteiger partial charge in [0.15, 0.2) is 0 Å². The van der Waals surface area contributed by atoms with Gasteiger partial charge in [0.2, 0.25) is 0 Å². The Balaban J connectivity index is 2.30. The van der Waals surface area contributed by atoms with Gasteiger partial charge in [-0.15, -0.1) is 5.10 Å². The Morgan fingerprint density at radius 1 is 1.25 bits per heavy atom. The van der Waals surface area contributed by atoms with Crippen molar-refractivity contribution in [2.24, 2.45) is 0 Å². The van der Waals surface area contributed by atoms with Gasteiger partial charge in [-0.05, 0) is 6.08 Å². The first-order chi connectivity index (χ1) is 5.97. The van der Waals surface area contributed by atoms with Crippen molar-refractivity contribution in [3.05, 3.63) is 42.8 Å². The van der Waals surface area contributed by atoms with Gasteiger partial charge in [-0.1, -0.05) is 29.5 Å². The Morgan fingerprint density at radius 2 is 2.25 bits per heavy atom. The molecule has 0 unspecified atom stereocenters. The van der Waals surface area contributed by atoms with E-state index in [1.54, 1.807) is 10.9 Å². The number of rotatable bonds is 1. The molecule has 1 aliphatic rings. The molecule has 0 radical (unpaired) electrons. The zero-order chi connectivity index (χ0) is 8.23. The highest BCUT2D eigenvalue weighted by molar-refractivity contribution is 5.50. The van der Waals surface area contributed by atoms with Crippen LogP contribution in [-0.2, 0) is 0 Å². The minimum absolute atomic E-state index is 0.899. The molecule has 2 rings (SSSR count). The van der Waals surface area contributed by atoms with E-state index in [0.29, 0.717) is 0 Å². The van der Waals surface area contributed by atoms with Crippen molar-refractivity contribution >= 4 is 5.70 Å². The van der Waals surface area contributed by atoms with E-state index in [9.17, 15) is 0 Å². The van der Waals surface area contributed by atoms with Gasteiger partial charge in [-0.3, -0.25) is 0 Å². The van der Waals surface area contributed by atoms with Crippen LogP contribution in [0.4, 0.5) is 0 Å². The number of allylic oxidation sites excluding steroid dienone is 6. The molecule has 0 aromatic carbocycles. The largest absolute Gasteiger partial charge is 0.225 e. The summed E-state index contributed by atoms with van der Waals surface area (Å²) in [6.07, 6.45) is 14.6. The smallest absolute Gasteiger partial charge is 0.0697 e. The van der Waals surface area contributed by atoms with Gasteiger partial charge >= 0.3 is 0 Å². The van der Waals surface area contributed by atoms with E-state index in [2.05, 4.69) is 16.4 Å². The van der Waals surface area contributed by atoms with Crippen LogP contribution in [0.1, 0.15) is 6.42 Å². The van der Waals surface area contributed by atoms with Crippen molar-refractivity contribution in [3.63, 3.8) is 0 Å². The number of nitrogens with zero attached hydrogens (tertiary/aromatic N) is 3. The third-order valence-corrected chi connectivity index (χ3v) is 1.69. The van der Waals surface area contributed by atoms with Crippen LogP contribution in [0.2, 0.25) is 0 Å². The van der Waals surface area contributed by atoms with Gasteiger partial charge in [0, 0.05) is 12.1 Å². The summed E-state index contributed by atoms with van der Waals surface area (Å²) < 4.78 is 1.78. The van der Waals surface area contributed by atoms with Crippen molar-refractivity contribution in [1.82, 2.24) is 15.0 Å². The van der Waals surface area contributed by atoms with E-state index >= 15 is 0 Å². The quantitative estimate of drug-likeness (QED) is 0.623. The van der Waals surface area contributed by atoms with E-state index in [1.165, 1.54) is 0 Å². The lowest BCUT2D eigenvalue weighted by atomic mass is 10.3. The molecule has 0 N–H and O–H groups in total. The maximum absolute atomic E-state index is 3.91. The van der Waals surface area contributed by atoms with Gasteiger partial charge < -0.3 is 0 Å². The van der Waals surface area contributed by atoms with Gasteiger partial charge in [-0.2, -0.15) is 0 Å². The summed E-state index contributed by atoms with van der Waals surface area (Å²) in [5, 5.41) is 7.66. The van der Waals surface area contributed by atoms with E-state index in [0.717, 1.165) is 12.1 Å². The molecule has 1 aromatic heterocycles. The average Bonchev–Trinajstić information content (AvgIpc) is 2.48. The Labute approximate surface area is 70.7 Å². The summed E-state index contributed by atoms with van der Waals surface area (Å²) in [4.78, 5) is 0. The molecule has 0 amide bonds. The predicted octanol–water partition coefficient (Wildman–Crippen LogP) is 1.64. The Kier molecular flexibility index (Phi) is 1.86. The van der Waals surface area contributed by atoms with Crippen LogP contribution in [-0.4, -0.2) is 15.0 Å². The Hall–Kier alpha value is -1.64. The van der Waals surface area contributed by atoms with Gasteiger partial charge in [0.1, 0.15) is 0 Å². The lowest BCUT2D eigenvalue weighted by Crippen LogP contribution is -1.96. The van der Waals surface area contributed by atoms with Gasteiger partial charge in [-0.25, -0.2) is 4.68 Å². The number of aromatic nitrogens is 3. The molecule has 0 aliphatic heterocycles. The third kappa shape index (κ3) is 1.34. The molecule has 1 aliphatic carbocycles. The molecule has 0 bridgehead atoms. The molecule has 0 atom stereocenters. The van der Waals surface area contributed by atoms with Crippen molar-refractivity contribution < 1.29 is 0 Å². The summed E-state index contributed by atoms with van der Waals surface area (Å²) in [5.41, 5.74) is 1.14. The van der Waals surface area contributed by atoms with Crippen molar-refractivity contribution in [2.75, 3.05) is 0 Å². The fraction of sp³-hybridized carbons (Fsp3) is 0.111. The first kappa shape index (κ1) is 7.03. The van der Waals surface area contributed by atoms with Crippen molar-refractivity contribution in [2.45, 2.75) is 6.42 Å². The summed E-state index contributed by atoms with van der Waals surface area (Å²) in [7, 11) is 0. The highest BCUT2D eigenvalue weighted by Gasteiger charge is 1.98. The maximum Gasteiger partial charge on any atom is 0.0697 e. The summed E-state index contributed by atoms with van der Waals surface area (Å²) >= 11 is 0. The normalized spacial score (nSPS) is 15.8. The predicted molar refractivity (Wildman–Crippen MR) is 47.2 cm³/mol. The van der Waals surface area contributed by atoms with E-state index in [1.807, 2.05) is 30.5 Å². The lowest BCUT2D eigenvalue weighted by Gasteiger charge is -2.00. The second-order valence-corrected chi connectivity index (χ2v) is 2.52. The standard InChI is InChI=1S/C9H9N3/c1-2-4-6-9(5-3-1)12-8-7-10-11-12/h1-5,7-8H,6H2. The van der Waals surface area contributed by atoms with Crippen molar-refractivity contribution in [3.8, 4) is 0 Å². The van der Waals surface area contributed by atoms with E-state index < -0.39 is 0 Å². The van der Waals surface area contributed by atoms with Crippen LogP contribution in [0.3, 0.4) is 0 Å². The topological polar surface area (TPSA) is 30.7 Å². The maximum atomic E-state index is 3.91. The molecule has 12 heavy (non-hydrogen) atoms. The number of hydrogen-bond donors (Lipinski definition) is 0. The Bertz CT molecular complexity index is 331. The van der Waals surface area contributed by atoms with E-state index in [4.69, 9.17) is 0 Å². The van der Waals surface area contributed by atoms with Crippen molar-refractivity contribution in [1.29, 1.82) is 0 Å². The molecule has 0 fully saturated rings. The zero-order valence-corrected chi connectivity index (χ0v) is 6.59. The second kappa shape index (κ2) is 3.17. The van der Waals surface area contributed by atoms with Crippen LogP contribution >= 0.6 is 0 Å². The summed E-state index contributed by atoms with van der Waals surface area (Å²) in [6.45, 7) is 0. The molecular weight excluding hydrogens is 150 g/mol. The Morgan fingerprint density at radius 3 is 3.08 bits per heavy atom. The molecule has 0 saturated carbocycles. The fourth-order valence-electron chi connectivity index (χ4n) is 1.10. The van der Waals surface area contributed by atoms with E-state index in [-0.39, 0.29) is 0 Å². The summed E-state index contributed by atoms with van der Waals surface area (Å²) in [6, 6.07) is 0. The SMILES string of the molecule is C1=CC=C(n2ccnn2)CC=C1. The van der Waals surface area contributed by atoms with Gasteiger partial charge in [0.25, 0.3) is 0 Å². The minimum Gasteiger partial charge on any atom is -0.225 e. The zero-order valence-electron chi connectivity index (χ0n) is 6.59. The van der Waals surface area contributed by atoms with Crippen LogP contribution in [0, 0.1) is 0 Å². The molecular formula is C9H9N3. The lowest BCUT2D eigenvalue weighted by molar-refractivity contribution is 0.804. The molecule has 0 saturated heterocycles. The minimum atomic E-state index is 0.899. The summed E-state index contributed by atoms with van der Waals surface area (Å²) in [5.74, 6) is 0. The second-order valence-electron chi connectivity index (χ2n) is 2.52. The van der Waals surface area contributed by atoms with Gasteiger partial charge in [0.05, 0.1) is 12.4 Å². The molecule has 60 valence electrons. The first-order valence-electron chi connectivity index (χ1n) is 3.86.